The van der Waals surface area contributed by atoms with Gasteiger partial charge in [-0.3, -0.25) is 14.4 Å². The first kappa shape index (κ1) is 76.0. The number of carbonyl (C=O) groups is 3. The lowest BCUT2D eigenvalue weighted by Crippen LogP contribution is -2.30. The van der Waals surface area contributed by atoms with Gasteiger partial charge in [0.05, 0.1) is 0 Å². The molecule has 1 atom stereocenters. The van der Waals surface area contributed by atoms with Crippen LogP contribution in [0.2, 0.25) is 0 Å². The summed E-state index contributed by atoms with van der Waals surface area (Å²) in [4.78, 5) is 38.2. The van der Waals surface area contributed by atoms with Gasteiger partial charge in [-0.2, -0.15) is 0 Å². The van der Waals surface area contributed by atoms with Crippen molar-refractivity contribution in [3.05, 3.63) is 158 Å². The van der Waals surface area contributed by atoms with Crippen LogP contribution in [0.4, 0.5) is 0 Å². The van der Waals surface area contributed by atoms with Crippen molar-refractivity contribution in [1.29, 1.82) is 0 Å². The minimum atomic E-state index is -0.811. The molecule has 0 aromatic heterocycles. The molecule has 456 valence electrons. The third-order valence-electron chi connectivity index (χ3n) is 13.5. The van der Waals surface area contributed by atoms with E-state index in [-0.39, 0.29) is 37.5 Å². The van der Waals surface area contributed by atoms with Crippen molar-refractivity contribution in [2.45, 2.75) is 284 Å². The van der Waals surface area contributed by atoms with Crippen LogP contribution in [0.5, 0.6) is 0 Å². The largest absolute Gasteiger partial charge is 0.462 e. The van der Waals surface area contributed by atoms with Crippen molar-refractivity contribution in [3.63, 3.8) is 0 Å². The van der Waals surface area contributed by atoms with Crippen molar-refractivity contribution >= 4 is 17.9 Å². The number of esters is 3. The highest BCUT2D eigenvalue weighted by Gasteiger charge is 2.19. The molecule has 0 saturated carbocycles. The van der Waals surface area contributed by atoms with Crippen molar-refractivity contribution in [2.24, 2.45) is 0 Å². The number of ether oxygens (including phenoxy) is 3. The van der Waals surface area contributed by atoms with Crippen LogP contribution in [0.25, 0.3) is 0 Å². The standard InChI is InChI=1S/C75H120O6/c1-4-7-10-13-16-19-22-25-27-28-29-30-31-32-33-34-35-36-37-38-39-40-41-42-43-44-45-46-48-50-53-56-59-62-65-68-74(77)80-71-72(70-79-73(76)67-64-61-58-55-52-49-24-21-18-15-12-9-6-3)81-75(78)69-66-63-60-57-54-51-47-26-23-20-17-14-11-8-5-2/h7-8,10-11,16-17,19-21,24-27,29-30,32-33,35-36,38-39,41-42,47,54,57,72H,4-6,9,12-15,18,22-23,28,31,34,37,40,43-46,48-53,55-56,58-71H2,1-3H3/b10-7-,11-8-,19-16-,20-17-,24-21-,27-25-,30-29-,33-32-,36-35-,39-38-,42-41-,47-26-,57-54-. The van der Waals surface area contributed by atoms with E-state index in [4.69, 9.17) is 14.2 Å². The first-order valence-corrected chi connectivity index (χ1v) is 33.0. The summed E-state index contributed by atoms with van der Waals surface area (Å²) in [6.45, 7) is 6.35. The van der Waals surface area contributed by atoms with Gasteiger partial charge in [0, 0.05) is 19.3 Å². The first-order valence-electron chi connectivity index (χ1n) is 33.0. The van der Waals surface area contributed by atoms with Gasteiger partial charge in [0.1, 0.15) is 13.2 Å². The highest BCUT2D eigenvalue weighted by molar-refractivity contribution is 5.71. The van der Waals surface area contributed by atoms with Crippen LogP contribution in [-0.4, -0.2) is 37.2 Å². The lowest BCUT2D eigenvalue weighted by Gasteiger charge is -2.18. The zero-order valence-corrected chi connectivity index (χ0v) is 52.2. The summed E-state index contributed by atoms with van der Waals surface area (Å²) >= 11 is 0. The summed E-state index contributed by atoms with van der Waals surface area (Å²) in [6.07, 6.45) is 98.3. The molecule has 0 radical (unpaired) electrons. The van der Waals surface area contributed by atoms with E-state index in [9.17, 15) is 14.4 Å². The van der Waals surface area contributed by atoms with Gasteiger partial charge in [0.25, 0.3) is 0 Å². The predicted molar refractivity (Wildman–Crippen MR) is 352 cm³/mol. The van der Waals surface area contributed by atoms with Gasteiger partial charge in [-0.25, -0.2) is 0 Å². The van der Waals surface area contributed by atoms with E-state index in [1.54, 1.807) is 0 Å². The number of carbonyl (C=O) groups excluding carboxylic acids is 3. The third kappa shape index (κ3) is 65.7. The molecule has 0 aliphatic carbocycles. The van der Waals surface area contributed by atoms with Gasteiger partial charge in [0.15, 0.2) is 6.10 Å². The van der Waals surface area contributed by atoms with Crippen molar-refractivity contribution < 1.29 is 28.6 Å². The SMILES string of the molecule is CC/C=C\C/C=C\C/C=C\C/C=C\C/C=C\C/C=C\C/C=C\C/C=C\CCCCCCCCCCCCC(=O)OCC(COC(=O)CCCCCCC/C=C\CCCCCC)OC(=O)CCCC/C=C\C/C=C\C/C=C\C/C=C\CC. The molecule has 0 aliphatic heterocycles. The lowest BCUT2D eigenvalue weighted by molar-refractivity contribution is -0.167. The summed E-state index contributed by atoms with van der Waals surface area (Å²) in [5.74, 6) is -0.961. The summed E-state index contributed by atoms with van der Waals surface area (Å²) in [5, 5.41) is 0. The highest BCUT2D eigenvalue weighted by atomic mass is 16.6. The summed E-state index contributed by atoms with van der Waals surface area (Å²) in [5.41, 5.74) is 0. The van der Waals surface area contributed by atoms with E-state index in [0.29, 0.717) is 19.3 Å². The Balaban J connectivity index is 4.27. The molecular formula is C75H120O6. The number of rotatable bonds is 58. The van der Waals surface area contributed by atoms with Crippen LogP contribution >= 0.6 is 0 Å². The summed E-state index contributed by atoms with van der Waals surface area (Å²) in [7, 11) is 0. The molecule has 6 nitrogen and oxygen atoms in total. The number of hydrogen-bond acceptors (Lipinski definition) is 6. The van der Waals surface area contributed by atoms with Crippen molar-refractivity contribution in [3.8, 4) is 0 Å². The Labute approximate surface area is 499 Å². The van der Waals surface area contributed by atoms with Crippen LogP contribution < -0.4 is 0 Å². The maximum absolute atomic E-state index is 12.9. The normalized spacial score (nSPS) is 13.2. The molecule has 6 heteroatoms. The van der Waals surface area contributed by atoms with Gasteiger partial charge < -0.3 is 14.2 Å². The number of allylic oxidation sites excluding steroid dienone is 26. The molecule has 0 heterocycles. The fourth-order valence-electron chi connectivity index (χ4n) is 8.62. The van der Waals surface area contributed by atoms with E-state index in [0.717, 1.165) is 148 Å². The molecular weight excluding hydrogens is 997 g/mol. The molecule has 0 aromatic carbocycles. The minimum Gasteiger partial charge on any atom is -0.462 e. The maximum atomic E-state index is 12.9. The zero-order chi connectivity index (χ0) is 58.5. The molecule has 1 unspecified atom stereocenters. The monoisotopic (exact) mass is 1120 g/mol. The minimum absolute atomic E-state index is 0.104. The molecule has 0 N–H and O–H groups in total. The molecule has 0 aromatic rings. The molecule has 0 amide bonds. The van der Waals surface area contributed by atoms with Crippen LogP contribution in [0.1, 0.15) is 278 Å². The zero-order valence-electron chi connectivity index (χ0n) is 52.2. The molecule has 0 saturated heterocycles. The molecule has 81 heavy (non-hydrogen) atoms. The lowest BCUT2D eigenvalue weighted by atomic mass is 10.1. The Kier molecular flexibility index (Phi) is 63.4. The van der Waals surface area contributed by atoms with Crippen molar-refractivity contribution in [2.75, 3.05) is 13.2 Å². The summed E-state index contributed by atoms with van der Waals surface area (Å²) in [6, 6.07) is 0. The first-order chi connectivity index (χ1) is 40.0. The second-order valence-electron chi connectivity index (χ2n) is 21.3. The van der Waals surface area contributed by atoms with Gasteiger partial charge in [0.2, 0.25) is 0 Å². The fraction of sp³-hybridized carbons (Fsp3) is 0.613. The van der Waals surface area contributed by atoms with E-state index in [2.05, 4.69) is 179 Å². The molecule has 0 rings (SSSR count). The maximum Gasteiger partial charge on any atom is 0.306 e. The van der Waals surface area contributed by atoms with Crippen LogP contribution in [-0.2, 0) is 28.6 Å². The fourth-order valence-corrected chi connectivity index (χ4v) is 8.62. The van der Waals surface area contributed by atoms with E-state index >= 15 is 0 Å². The van der Waals surface area contributed by atoms with E-state index in [1.165, 1.54) is 83.5 Å². The highest BCUT2D eigenvalue weighted by Crippen LogP contribution is 2.15. The van der Waals surface area contributed by atoms with E-state index in [1.807, 2.05) is 0 Å². The second kappa shape index (κ2) is 67.5. The Hall–Kier alpha value is -4.97. The van der Waals surface area contributed by atoms with Crippen LogP contribution in [0, 0.1) is 0 Å². The Bertz CT molecular complexity index is 1810. The Morgan fingerprint density at radius 2 is 0.481 bits per heavy atom. The molecule has 0 fully saturated rings. The summed E-state index contributed by atoms with van der Waals surface area (Å²) < 4.78 is 16.9. The number of unbranched alkanes of at least 4 members (excludes halogenated alkanes) is 21. The van der Waals surface area contributed by atoms with Crippen LogP contribution in [0.3, 0.4) is 0 Å². The molecule has 0 aliphatic rings. The third-order valence-corrected chi connectivity index (χ3v) is 13.5. The van der Waals surface area contributed by atoms with Crippen LogP contribution in [0.15, 0.2) is 158 Å². The topological polar surface area (TPSA) is 78.9 Å². The van der Waals surface area contributed by atoms with Gasteiger partial charge >= 0.3 is 17.9 Å². The van der Waals surface area contributed by atoms with Gasteiger partial charge in [-0.15, -0.1) is 0 Å². The average Bonchev–Trinajstić information content (AvgIpc) is 3.46. The average molecular weight is 1120 g/mol. The quantitative estimate of drug-likeness (QED) is 0.0261. The Morgan fingerprint density at radius 1 is 0.259 bits per heavy atom. The number of hydrogen-bond donors (Lipinski definition) is 0. The predicted octanol–water partition coefficient (Wildman–Crippen LogP) is 22.9. The van der Waals surface area contributed by atoms with Gasteiger partial charge in [-0.05, 0) is 148 Å². The molecule has 0 bridgehead atoms. The Morgan fingerprint density at radius 3 is 0.790 bits per heavy atom. The smallest absolute Gasteiger partial charge is 0.306 e. The van der Waals surface area contributed by atoms with E-state index < -0.39 is 6.10 Å². The van der Waals surface area contributed by atoms with Gasteiger partial charge in [-0.1, -0.05) is 269 Å². The van der Waals surface area contributed by atoms with Crippen molar-refractivity contribution in [1.82, 2.24) is 0 Å². The second-order valence-corrected chi connectivity index (χ2v) is 21.3. The molecule has 0 spiro atoms.